The summed E-state index contributed by atoms with van der Waals surface area (Å²) >= 11 is 0. The van der Waals surface area contributed by atoms with E-state index in [1.165, 1.54) is 0 Å². The van der Waals surface area contributed by atoms with Crippen molar-refractivity contribution in [2.24, 2.45) is 5.90 Å². The number of aliphatic hydroxyl groups excluding tert-OH is 4. The summed E-state index contributed by atoms with van der Waals surface area (Å²) in [4.78, 5) is 4.19. The van der Waals surface area contributed by atoms with Crippen molar-refractivity contribution >= 4 is 0 Å². The molecular weight excluding hydrogens is 182 g/mol. The second-order valence-electron chi connectivity index (χ2n) is 2.84. The van der Waals surface area contributed by atoms with Gasteiger partial charge in [-0.25, -0.2) is 5.90 Å². The van der Waals surface area contributed by atoms with Crippen molar-refractivity contribution in [3.63, 3.8) is 0 Å². The van der Waals surface area contributed by atoms with Crippen molar-refractivity contribution in [2.45, 2.75) is 30.7 Å². The zero-order chi connectivity index (χ0) is 10.0. The van der Waals surface area contributed by atoms with Crippen LogP contribution >= 0.6 is 0 Å². The Balaban J connectivity index is 2.60. The van der Waals surface area contributed by atoms with Gasteiger partial charge in [0.2, 0.25) is 6.29 Å². The molecule has 0 spiro atoms. The van der Waals surface area contributed by atoms with Gasteiger partial charge in [0, 0.05) is 0 Å². The highest BCUT2D eigenvalue weighted by Crippen LogP contribution is 2.23. The Labute approximate surface area is 74.3 Å². The van der Waals surface area contributed by atoms with Crippen LogP contribution in [0, 0.1) is 0 Å². The van der Waals surface area contributed by atoms with Crippen LogP contribution in [0.1, 0.15) is 0 Å². The van der Waals surface area contributed by atoms with Crippen molar-refractivity contribution in [3.05, 3.63) is 0 Å². The normalized spacial score (nSPS) is 42.2. The van der Waals surface area contributed by atoms with Crippen LogP contribution in [0.4, 0.5) is 0 Å². The van der Waals surface area contributed by atoms with Crippen LogP contribution in [0.15, 0.2) is 0 Å². The van der Waals surface area contributed by atoms with E-state index in [1.54, 1.807) is 0 Å². The fraction of sp³-hybridized carbons (Fsp3) is 1.00. The van der Waals surface area contributed by atoms with Gasteiger partial charge in [0.1, 0.15) is 24.4 Å². The molecule has 1 aliphatic rings. The predicted molar refractivity (Wildman–Crippen MR) is 39.0 cm³/mol. The van der Waals surface area contributed by atoms with Gasteiger partial charge >= 0.3 is 0 Å². The number of ether oxygens (including phenoxy) is 1. The van der Waals surface area contributed by atoms with E-state index in [2.05, 4.69) is 4.84 Å². The monoisotopic (exact) mass is 195 g/mol. The molecule has 7 heteroatoms. The number of hydrogen-bond donors (Lipinski definition) is 5. The fourth-order valence-corrected chi connectivity index (χ4v) is 1.21. The molecule has 13 heavy (non-hydrogen) atoms. The third-order valence-electron chi connectivity index (χ3n) is 1.96. The van der Waals surface area contributed by atoms with E-state index >= 15 is 0 Å². The van der Waals surface area contributed by atoms with Gasteiger partial charge in [-0.1, -0.05) is 0 Å². The van der Waals surface area contributed by atoms with Crippen LogP contribution in [-0.4, -0.2) is 57.7 Å². The Morgan fingerprint density at radius 3 is 2.38 bits per heavy atom. The van der Waals surface area contributed by atoms with E-state index in [0.29, 0.717) is 0 Å². The Morgan fingerprint density at radius 2 is 2.00 bits per heavy atom. The van der Waals surface area contributed by atoms with Crippen molar-refractivity contribution in [1.82, 2.24) is 0 Å². The third-order valence-corrected chi connectivity index (χ3v) is 1.96. The molecule has 0 radical (unpaired) electrons. The fourth-order valence-electron chi connectivity index (χ4n) is 1.21. The SMILES string of the molecule is NO[C@H]1O[C@@H]([C@@H](O)CO)[C@@H](O)[C@H]1O. The maximum Gasteiger partial charge on any atom is 0.206 e. The third kappa shape index (κ3) is 1.97. The lowest BCUT2D eigenvalue weighted by molar-refractivity contribution is -0.182. The van der Waals surface area contributed by atoms with E-state index in [1.807, 2.05) is 0 Å². The molecule has 0 unspecified atom stereocenters. The number of nitrogens with two attached hydrogens (primary N) is 1. The highest BCUT2D eigenvalue weighted by atomic mass is 16.8. The van der Waals surface area contributed by atoms with E-state index < -0.39 is 37.3 Å². The molecule has 1 aliphatic heterocycles. The molecule has 1 saturated heterocycles. The molecule has 0 bridgehead atoms. The van der Waals surface area contributed by atoms with Crippen LogP contribution in [0.3, 0.4) is 0 Å². The standard InChI is InChI=1S/C6H13NO6/c7-13-6-4(11)3(10)5(12-6)2(9)1-8/h2-6,8-11H,1,7H2/t2-,3-,4+,5-,6+/m0/s1. The smallest absolute Gasteiger partial charge is 0.206 e. The summed E-state index contributed by atoms with van der Waals surface area (Å²) in [6, 6.07) is 0. The molecule has 7 nitrogen and oxygen atoms in total. The van der Waals surface area contributed by atoms with Gasteiger partial charge in [0.05, 0.1) is 6.61 Å². The molecule has 0 saturated carbocycles. The lowest BCUT2D eigenvalue weighted by Gasteiger charge is -2.18. The van der Waals surface area contributed by atoms with Crippen LogP contribution < -0.4 is 5.90 Å². The molecule has 6 N–H and O–H groups in total. The number of aliphatic hydroxyl groups is 4. The van der Waals surface area contributed by atoms with Crippen molar-refractivity contribution in [3.8, 4) is 0 Å². The first kappa shape index (κ1) is 10.8. The topological polar surface area (TPSA) is 125 Å². The summed E-state index contributed by atoms with van der Waals surface area (Å²) < 4.78 is 4.83. The van der Waals surface area contributed by atoms with Crippen molar-refractivity contribution in [1.29, 1.82) is 0 Å². The molecule has 78 valence electrons. The van der Waals surface area contributed by atoms with Crippen molar-refractivity contribution < 1.29 is 30.0 Å². The van der Waals surface area contributed by atoms with E-state index in [9.17, 15) is 10.2 Å². The highest BCUT2D eigenvalue weighted by molar-refractivity contribution is 4.90. The lowest BCUT2D eigenvalue weighted by atomic mass is 10.1. The first-order valence-electron chi connectivity index (χ1n) is 3.78. The average Bonchev–Trinajstić information content (AvgIpc) is 2.43. The highest BCUT2D eigenvalue weighted by Gasteiger charge is 2.46. The zero-order valence-electron chi connectivity index (χ0n) is 6.78. The second kappa shape index (κ2) is 4.29. The Bertz CT molecular complexity index is 167. The van der Waals surface area contributed by atoms with E-state index in [0.717, 1.165) is 0 Å². The van der Waals surface area contributed by atoms with Crippen LogP contribution in [0.25, 0.3) is 0 Å². The van der Waals surface area contributed by atoms with Crippen LogP contribution in [0.2, 0.25) is 0 Å². The van der Waals surface area contributed by atoms with Gasteiger partial charge in [0.25, 0.3) is 0 Å². The Morgan fingerprint density at radius 1 is 1.38 bits per heavy atom. The number of rotatable bonds is 3. The number of hydrogen-bond acceptors (Lipinski definition) is 7. The molecule has 5 atom stereocenters. The minimum absolute atomic E-state index is 0.578. The second-order valence-corrected chi connectivity index (χ2v) is 2.84. The lowest BCUT2D eigenvalue weighted by Crippen LogP contribution is -2.40. The summed E-state index contributed by atoms with van der Waals surface area (Å²) in [6.07, 6.45) is -6.19. The molecule has 0 aliphatic carbocycles. The molecule has 0 aromatic carbocycles. The Hall–Kier alpha value is -0.280. The van der Waals surface area contributed by atoms with E-state index in [-0.39, 0.29) is 0 Å². The Kier molecular flexibility index (Phi) is 3.56. The van der Waals surface area contributed by atoms with Gasteiger partial charge in [-0.2, -0.15) is 0 Å². The molecule has 0 amide bonds. The summed E-state index contributed by atoms with van der Waals surface area (Å²) in [5, 5.41) is 36.2. The molecule has 0 aromatic heterocycles. The molecule has 1 heterocycles. The van der Waals surface area contributed by atoms with Gasteiger partial charge < -0.3 is 25.2 Å². The first-order valence-corrected chi connectivity index (χ1v) is 3.78. The largest absolute Gasteiger partial charge is 0.394 e. The average molecular weight is 195 g/mol. The minimum Gasteiger partial charge on any atom is -0.394 e. The molecule has 1 fully saturated rings. The van der Waals surface area contributed by atoms with E-state index in [4.69, 9.17) is 20.8 Å². The molecule has 0 aromatic rings. The first-order chi connectivity index (χ1) is 6.11. The maximum atomic E-state index is 9.28. The van der Waals surface area contributed by atoms with Gasteiger partial charge in [-0.05, 0) is 0 Å². The van der Waals surface area contributed by atoms with Crippen LogP contribution in [-0.2, 0) is 9.57 Å². The van der Waals surface area contributed by atoms with Gasteiger partial charge in [0.15, 0.2) is 0 Å². The zero-order valence-corrected chi connectivity index (χ0v) is 6.78. The minimum atomic E-state index is -1.32. The maximum absolute atomic E-state index is 9.28. The summed E-state index contributed by atoms with van der Waals surface area (Å²) in [6.45, 7) is -0.578. The van der Waals surface area contributed by atoms with Crippen molar-refractivity contribution in [2.75, 3.05) is 6.61 Å². The molecular formula is C6H13NO6. The summed E-state index contributed by atoms with van der Waals surface area (Å²) in [5.74, 6) is 4.75. The van der Waals surface area contributed by atoms with Gasteiger partial charge in [-0.15, -0.1) is 0 Å². The quantitative estimate of drug-likeness (QED) is 0.298. The summed E-state index contributed by atoms with van der Waals surface area (Å²) in [7, 11) is 0. The summed E-state index contributed by atoms with van der Waals surface area (Å²) in [5.41, 5.74) is 0. The van der Waals surface area contributed by atoms with Crippen LogP contribution in [0.5, 0.6) is 0 Å². The predicted octanol–water partition coefficient (Wildman–Crippen LogP) is -3.32. The molecule has 1 rings (SSSR count). The van der Waals surface area contributed by atoms with Gasteiger partial charge in [-0.3, -0.25) is 4.84 Å².